The van der Waals surface area contributed by atoms with Gasteiger partial charge < -0.3 is 9.64 Å². The van der Waals surface area contributed by atoms with Gasteiger partial charge in [0.2, 0.25) is 5.95 Å². The van der Waals surface area contributed by atoms with E-state index >= 15 is 0 Å². The van der Waals surface area contributed by atoms with E-state index < -0.39 is 0 Å². The lowest BCUT2D eigenvalue weighted by atomic mass is 9.98. The van der Waals surface area contributed by atoms with Crippen molar-refractivity contribution < 1.29 is 9.53 Å². The van der Waals surface area contributed by atoms with E-state index in [0.29, 0.717) is 24.1 Å². The van der Waals surface area contributed by atoms with Crippen LogP contribution in [0.25, 0.3) is 11.3 Å². The van der Waals surface area contributed by atoms with E-state index in [0.717, 1.165) is 30.6 Å². The molecular formula is C17H19ClN4O2. The van der Waals surface area contributed by atoms with Gasteiger partial charge in [-0.3, -0.25) is 4.79 Å². The number of carbonyl (C=O) groups excluding carboxylic acids is 1. The summed E-state index contributed by atoms with van der Waals surface area (Å²) in [5, 5.41) is 8.87. The number of anilines is 1. The van der Waals surface area contributed by atoms with Gasteiger partial charge in [0, 0.05) is 23.7 Å². The normalized spacial score (nSPS) is 17.6. The van der Waals surface area contributed by atoms with E-state index in [9.17, 15) is 4.79 Å². The van der Waals surface area contributed by atoms with E-state index in [1.54, 1.807) is 6.20 Å². The highest BCUT2D eigenvalue weighted by molar-refractivity contribution is 6.30. The van der Waals surface area contributed by atoms with Gasteiger partial charge in [-0.05, 0) is 31.9 Å². The first-order chi connectivity index (χ1) is 11.7. The lowest BCUT2D eigenvalue weighted by molar-refractivity contribution is -0.148. The molecule has 1 aromatic carbocycles. The van der Waals surface area contributed by atoms with Crippen LogP contribution in [0, 0.1) is 5.92 Å². The number of aromatic nitrogens is 3. The molecule has 0 bridgehead atoms. The first kappa shape index (κ1) is 16.6. The Hall–Kier alpha value is -2.21. The monoisotopic (exact) mass is 346 g/mol. The van der Waals surface area contributed by atoms with E-state index in [4.69, 9.17) is 16.3 Å². The quantitative estimate of drug-likeness (QED) is 0.793. The Morgan fingerprint density at radius 3 is 2.92 bits per heavy atom. The van der Waals surface area contributed by atoms with Crippen LogP contribution in [0.3, 0.4) is 0 Å². The molecule has 1 atom stereocenters. The first-order valence-electron chi connectivity index (χ1n) is 8.04. The number of rotatable bonds is 4. The summed E-state index contributed by atoms with van der Waals surface area (Å²) in [6, 6.07) is 7.42. The summed E-state index contributed by atoms with van der Waals surface area (Å²) in [7, 11) is 0. The van der Waals surface area contributed by atoms with Crippen molar-refractivity contribution in [3.8, 4) is 11.3 Å². The third kappa shape index (κ3) is 3.82. The predicted molar refractivity (Wildman–Crippen MR) is 91.8 cm³/mol. The van der Waals surface area contributed by atoms with Crippen molar-refractivity contribution in [3.63, 3.8) is 0 Å². The lowest BCUT2D eigenvalue weighted by Crippen LogP contribution is -2.40. The van der Waals surface area contributed by atoms with Gasteiger partial charge in [-0.2, -0.15) is 5.10 Å². The molecule has 6 nitrogen and oxygen atoms in total. The highest BCUT2D eigenvalue weighted by Gasteiger charge is 2.28. The maximum absolute atomic E-state index is 12.0. The zero-order valence-corrected chi connectivity index (χ0v) is 14.2. The molecule has 1 aliphatic heterocycles. The van der Waals surface area contributed by atoms with Gasteiger partial charge in [0.15, 0.2) is 0 Å². The van der Waals surface area contributed by atoms with Crippen molar-refractivity contribution >= 4 is 23.5 Å². The van der Waals surface area contributed by atoms with Crippen LogP contribution in [-0.4, -0.2) is 40.8 Å². The molecule has 1 unspecified atom stereocenters. The summed E-state index contributed by atoms with van der Waals surface area (Å²) in [5.74, 6) is 0.252. The average molecular weight is 347 g/mol. The number of carbonyl (C=O) groups is 1. The number of benzene rings is 1. The molecule has 2 heterocycles. The summed E-state index contributed by atoms with van der Waals surface area (Å²) >= 11 is 5.92. The lowest BCUT2D eigenvalue weighted by Gasteiger charge is -2.31. The molecule has 0 saturated carbocycles. The minimum Gasteiger partial charge on any atom is -0.466 e. The zero-order valence-electron chi connectivity index (χ0n) is 13.5. The number of nitrogens with zero attached hydrogens (tertiary/aromatic N) is 4. The summed E-state index contributed by atoms with van der Waals surface area (Å²) < 4.78 is 5.14. The van der Waals surface area contributed by atoms with Gasteiger partial charge >= 0.3 is 5.97 Å². The van der Waals surface area contributed by atoms with Crippen molar-refractivity contribution in [1.82, 2.24) is 15.2 Å². The number of esters is 1. The Bertz CT molecular complexity index is 708. The van der Waals surface area contributed by atoms with Crippen molar-refractivity contribution in [1.29, 1.82) is 0 Å². The van der Waals surface area contributed by atoms with Crippen LogP contribution in [0.1, 0.15) is 19.8 Å². The Morgan fingerprint density at radius 1 is 1.38 bits per heavy atom. The SMILES string of the molecule is CCOC(=O)C1CCCN(c2nncc(-c3ccc(Cl)cc3)n2)C1. The summed E-state index contributed by atoms with van der Waals surface area (Å²) in [5.41, 5.74) is 1.66. The molecule has 7 heteroatoms. The Morgan fingerprint density at radius 2 is 2.17 bits per heavy atom. The molecule has 1 saturated heterocycles. The standard InChI is InChI=1S/C17H19ClN4O2/c1-2-24-16(23)13-4-3-9-22(11-13)17-20-15(10-19-21-17)12-5-7-14(18)8-6-12/h5-8,10,13H,2-4,9,11H2,1H3. The molecule has 1 aromatic heterocycles. The summed E-state index contributed by atoms with van der Waals surface area (Å²) in [6.07, 6.45) is 3.36. The minimum absolute atomic E-state index is 0.138. The van der Waals surface area contributed by atoms with Gasteiger partial charge in [0.05, 0.1) is 24.4 Å². The number of halogens is 1. The van der Waals surface area contributed by atoms with Crippen LogP contribution in [0.4, 0.5) is 5.95 Å². The maximum Gasteiger partial charge on any atom is 0.310 e. The molecule has 0 spiro atoms. The fourth-order valence-electron chi connectivity index (χ4n) is 2.80. The second-order valence-electron chi connectivity index (χ2n) is 5.69. The van der Waals surface area contributed by atoms with Crippen LogP contribution < -0.4 is 4.90 Å². The largest absolute Gasteiger partial charge is 0.466 e. The topological polar surface area (TPSA) is 68.2 Å². The molecule has 126 valence electrons. The summed E-state index contributed by atoms with van der Waals surface area (Å²) in [4.78, 5) is 18.6. The van der Waals surface area contributed by atoms with Gasteiger partial charge in [0.25, 0.3) is 0 Å². The number of hydrogen-bond acceptors (Lipinski definition) is 6. The van der Waals surface area contributed by atoms with Crippen molar-refractivity contribution in [3.05, 3.63) is 35.5 Å². The molecule has 0 aliphatic carbocycles. The molecule has 2 aromatic rings. The highest BCUT2D eigenvalue weighted by atomic mass is 35.5. The third-order valence-corrected chi connectivity index (χ3v) is 4.26. The fraction of sp³-hybridized carbons (Fsp3) is 0.412. The van der Waals surface area contributed by atoms with Crippen LogP contribution >= 0.6 is 11.6 Å². The van der Waals surface area contributed by atoms with Crippen LogP contribution in [-0.2, 0) is 9.53 Å². The molecule has 0 N–H and O–H groups in total. The number of piperidine rings is 1. The molecule has 24 heavy (non-hydrogen) atoms. The predicted octanol–water partition coefficient (Wildman–Crippen LogP) is 2.97. The van der Waals surface area contributed by atoms with E-state index in [1.807, 2.05) is 36.1 Å². The van der Waals surface area contributed by atoms with E-state index in [2.05, 4.69) is 15.2 Å². The van der Waals surface area contributed by atoms with Gasteiger partial charge in [0.1, 0.15) is 0 Å². The van der Waals surface area contributed by atoms with E-state index in [-0.39, 0.29) is 11.9 Å². The van der Waals surface area contributed by atoms with Crippen molar-refractivity contribution in [2.24, 2.45) is 5.92 Å². The highest BCUT2D eigenvalue weighted by Crippen LogP contribution is 2.24. The number of ether oxygens (including phenoxy) is 1. The second kappa shape index (κ2) is 7.57. The van der Waals surface area contributed by atoms with Crippen LogP contribution in [0.15, 0.2) is 30.5 Å². The minimum atomic E-state index is -0.149. The van der Waals surface area contributed by atoms with Crippen LogP contribution in [0.5, 0.6) is 0 Å². The van der Waals surface area contributed by atoms with Gasteiger partial charge in [-0.25, -0.2) is 4.98 Å². The Kier molecular flexibility index (Phi) is 5.25. The smallest absolute Gasteiger partial charge is 0.310 e. The van der Waals surface area contributed by atoms with Gasteiger partial charge in [-0.1, -0.05) is 23.7 Å². The molecular weight excluding hydrogens is 328 g/mol. The van der Waals surface area contributed by atoms with Crippen molar-refractivity contribution in [2.45, 2.75) is 19.8 Å². The molecule has 1 fully saturated rings. The summed E-state index contributed by atoms with van der Waals surface area (Å²) in [6.45, 7) is 3.59. The van der Waals surface area contributed by atoms with Gasteiger partial charge in [-0.15, -0.1) is 5.10 Å². The number of hydrogen-bond donors (Lipinski definition) is 0. The fourth-order valence-corrected chi connectivity index (χ4v) is 2.93. The Labute approximate surface area is 145 Å². The third-order valence-electron chi connectivity index (χ3n) is 4.01. The molecule has 0 amide bonds. The van der Waals surface area contributed by atoms with Crippen molar-refractivity contribution in [2.75, 3.05) is 24.6 Å². The van der Waals surface area contributed by atoms with E-state index in [1.165, 1.54) is 0 Å². The average Bonchev–Trinajstić information content (AvgIpc) is 2.63. The maximum atomic E-state index is 12.0. The molecule has 3 rings (SSSR count). The molecule has 0 radical (unpaired) electrons. The van der Waals surface area contributed by atoms with Crippen LogP contribution in [0.2, 0.25) is 5.02 Å². The first-order valence-corrected chi connectivity index (χ1v) is 8.42. The second-order valence-corrected chi connectivity index (χ2v) is 6.12. The Balaban J connectivity index is 1.78. The zero-order chi connectivity index (χ0) is 16.9. The molecule has 1 aliphatic rings.